The molecule has 1 nitrogen and oxygen atoms in total. The Morgan fingerprint density at radius 1 is 1.19 bits per heavy atom. The highest BCUT2D eigenvalue weighted by Gasteiger charge is 2.25. The van der Waals surface area contributed by atoms with Crippen molar-refractivity contribution >= 4 is 17.4 Å². The molecule has 1 aliphatic rings. The number of hydrogen-bond acceptors (Lipinski definition) is 2. The van der Waals surface area contributed by atoms with E-state index in [2.05, 4.69) is 43.0 Å². The Labute approximate surface area is 103 Å². The van der Waals surface area contributed by atoms with Crippen molar-refractivity contribution < 1.29 is 0 Å². The van der Waals surface area contributed by atoms with Gasteiger partial charge in [-0.3, -0.25) is 0 Å². The number of hydrogen-bond donors (Lipinski definition) is 0. The van der Waals surface area contributed by atoms with Crippen LogP contribution in [0, 0.1) is 0 Å². The van der Waals surface area contributed by atoms with Crippen LogP contribution in [0.15, 0.2) is 29.2 Å². The topological polar surface area (TPSA) is 3.24 Å². The highest BCUT2D eigenvalue weighted by molar-refractivity contribution is 8.00. The average molecular weight is 235 g/mol. The van der Waals surface area contributed by atoms with Gasteiger partial charge < -0.3 is 4.90 Å². The number of anilines is 1. The van der Waals surface area contributed by atoms with Gasteiger partial charge in [0.05, 0.1) is 11.1 Å². The lowest BCUT2D eigenvalue weighted by atomic mass is 10.2. The van der Waals surface area contributed by atoms with Crippen LogP contribution < -0.4 is 4.90 Å². The molecule has 2 heteroatoms. The summed E-state index contributed by atoms with van der Waals surface area (Å²) in [6.45, 7) is 5.79. The standard InChI is InChI=1S/C14H21NS/c1-3-4-5-8-11-15-12(2)16-14-10-7-6-9-13(14)15/h6-7,9-10,12H,3-5,8,11H2,1-2H3. The third-order valence-electron chi connectivity index (χ3n) is 3.16. The number of benzene rings is 1. The van der Waals surface area contributed by atoms with Gasteiger partial charge in [-0.05, 0) is 25.5 Å². The molecule has 1 aromatic rings. The van der Waals surface area contributed by atoms with E-state index in [1.54, 1.807) is 0 Å². The first-order valence-corrected chi connectivity index (χ1v) is 7.23. The predicted octanol–water partition coefficient (Wildman–Crippen LogP) is 4.53. The average Bonchev–Trinajstić information content (AvgIpc) is 2.61. The van der Waals surface area contributed by atoms with E-state index in [1.165, 1.54) is 42.8 Å². The smallest absolute Gasteiger partial charge is 0.0769 e. The third kappa shape index (κ3) is 2.54. The van der Waals surface area contributed by atoms with E-state index < -0.39 is 0 Å². The van der Waals surface area contributed by atoms with E-state index in [1.807, 2.05) is 11.8 Å². The second-order valence-electron chi connectivity index (χ2n) is 4.44. The van der Waals surface area contributed by atoms with Crippen LogP contribution in [0.4, 0.5) is 5.69 Å². The fourth-order valence-electron chi connectivity index (χ4n) is 2.25. The van der Waals surface area contributed by atoms with E-state index in [-0.39, 0.29) is 0 Å². The highest BCUT2D eigenvalue weighted by Crippen LogP contribution is 2.42. The molecule has 0 fully saturated rings. The number of nitrogens with zero attached hydrogens (tertiary/aromatic N) is 1. The van der Waals surface area contributed by atoms with Crippen LogP contribution in [-0.2, 0) is 0 Å². The maximum atomic E-state index is 2.55. The Morgan fingerprint density at radius 2 is 2.00 bits per heavy atom. The van der Waals surface area contributed by atoms with E-state index in [0.29, 0.717) is 5.37 Å². The van der Waals surface area contributed by atoms with Crippen molar-refractivity contribution in [3.05, 3.63) is 24.3 Å². The number of unbranched alkanes of at least 4 members (excludes halogenated alkanes) is 3. The van der Waals surface area contributed by atoms with Gasteiger partial charge in [-0.25, -0.2) is 0 Å². The molecular weight excluding hydrogens is 214 g/mol. The Bertz CT molecular complexity index is 337. The second-order valence-corrected chi connectivity index (χ2v) is 5.80. The lowest BCUT2D eigenvalue weighted by molar-refractivity contribution is 0.643. The molecule has 16 heavy (non-hydrogen) atoms. The fraction of sp³-hybridized carbons (Fsp3) is 0.571. The number of fused-ring (bicyclic) bond motifs is 1. The minimum atomic E-state index is 0.610. The molecule has 0 radical (unpaired) electrons. The molecule has 0 bridgehead atoms. The molecule has 1 unspecified atom stereocenters. The summed E-state index contributed by atoms with van der Waals surface area (Å²) in [7, 11) is 0. The Hall–Kier alpha value is -0.630. The molecule has 0 saturated carbocycles. The van der Waals surface area contributed by atoms with Crippen LogP contribution in [0.2, 0.25) is 0 Å². The monoisotopic (exact) mass is 235 g/mol. The number of thioether (sulfide) groups is 1. The van der Waals surface area contributed by atoms with E-state index in [4.69, 9.17) is 0 Å². The van der Waals surface area contributed by atoms with Crippen molar-refractivity contribution in [2.24, 2.45) is 0 Å². The van der Waals surface area contributed by atoms with Crippen LogP contribution in [0.1, 0.15) is 39.5 Å². The van der Waals surface area contributed by atoms with E-state index >= 15 is 0 Å². The first-order valence-electron chi connectivity index (χ1n) is 6.35. The predicted molar refractivity (Wildman–Crippen MR) is 73.2 cm³/mol. The molecule has 1 aliphatic heterocycles. The number of rotatable bonds is 5. The fourth-order valence-corrected chi connectivity index (χ4v) is 3.43. The van der Waals surface area contributed by atoms with Gasteiger partial charge in [0.15, 0.2) is 0 Å². The summed E-state index contributed by atoms with van der Waals surface area (Å²) >= 11 is 1.99. The van der Waals surface area contributed by atoms with Crippen molar-refractivity contribution in [1.29, 1.82) is 0 Å². The number of para-hydroxylation sites is 1. The van der Waals surface area contributed by atoms with Gasteiger partial charge in [-0.1, -0.05) is 50.1 Å². The molecule has 0 amide bonds. The summed E-state index contributed by atoms with van der Waals surface area (Å²) in [6.07, 6.45) is 5.39. The molecule has 0 aliphatic carbocycles. The van der Waals surface area contributed by atoms with E-state index in [9.17, 15) is 0 Å². The minimum Gasteiger partial charge on any atom is -0.359 e. The second kappa shape index (κ2) is 5.62. The van der Waals surface area contributed by atoms with Crippen molar-refractivity contribution in [3.8, 4) is 0 Å². The minimum absolute atomic E-state index is 0.610. The lowest BCUT2D eigenvalue weighted by Crippen LogP contribution is -2.27. The first-order chi connectivity index (χ1) is 7.83. The largest absolute Gasteiger partial charge is 0.359 e. The molecule has 0 N–H and O–H groups in total. The van der Waals surface area contributed by atoms with Gasteiger partial charge in [0.1, 0.15) is 0 Å². The van der Waals surface area contributed by atoms with Gasteiger partial charge in [0.25, 0.3) is 0 Å². The molecular formula is C14H21NS. The van der Waals surface area contributed by atoms with Gasteiger partial charge in [-0.2, -0.15) is 0 Å². The Balaban J connectivity index is 1.94. The molecule has 1 atom stereocenters. The molecule has 0 saturated heterocycles. The van der Waals surface area contributed by atoms with Crippen LogP contribution in [-0.4, -0.2) is 11.9 Å². The van der Waals surface area contributed by atoms with Crippen molar-refractivity contribution in [2.45, 2.75) is 49.8 Å². The Kier molecular flexibility index (Phi) is 4.16. The van der Waals surface area contributed by atoms with Crippen molar-refractivity contribution in [2.75, 3.05) is 11.4 Å². The molecule has 1 heterocycles. The van der Waals surface area contributed by atoms with Gasteiger partial charge in [0, 0.05) is 11.4 Å². The van der Waals surface area contributed by atoms with E-state index in [0.717, 1.165) is 0 Å². The van der Waals surface area contributed by atoms with Gasteiger partial charge >= 0.3 is 0 Å². The Morgan fingerprint density at radius 3 is 2.81 bits per heavy atom. The third-order valence-corrected chi connectivity index (χ3v) is 4.36. The lowest BCUT2D eigenvalue weighted by Gasteiger charge is -2.23. The summed E-state index contributed by atoms with van der Waals surface area (Å²) in [6, 6.07) is 8.78. The maximum Gasteiger partial charge on any atom is 0.0769 e. The SMILES string of the molecule is CCCCCCN1c2ccccc2SC1C. The summed E-state index contributed by atoms with van der Waals surface area (Å²) < 4.78 is 0. The zero-order valence-corrected chi connectivity index (χ0v) is 11.1. The maximum absolute atomic E-state index is 2.55. The van der Waals surface area contributed by atoms with Crippen LogP contribution in [0.5, 0.6) is 0 Å². The molecule has 0 spiro atoms. The van der Waals surface area contributed by atoms with Crippen LogP contribution >= 0.6 is 11.8 Å². The van der Waals surface area contributed by atoms with Crippen LogP contribution in [0.25, 0.3) is 0 Å². The summed E-state index contributed by atoms with van der Waals surface area (Å²) in [5.74, 6) is 0. The summed E-state index contributed by atoms with van der Waals surface area (Å²) in [5.41, 5.74) is 1.44. The molecule has 88 valence electrons. The quantitative estimate of drug-likeness (QED) is 0.690. The molecule has 1 aromatic carbocycles. The van der Waals surface area contributed by atoms with Crippen molar-refractivity contribution in [1.82, 2.24) is 0 Å². The molecule has 0 aromatic heterocycles. The normalized spacial score (nSPS) is 18.9. The van der Waals surface area contributed by atoms with Crippen LogP contribution in [0.3, 0.4) is 0 Å². The molecule has 2 rings (SSSR count). The summed E-state index contributed by atoms with van der Waals surface area (Å²) in [4.78, 5) is 4.00. The first kappa shape index (κ1) is 11.8. The van der Waals surface area contributed by atoms with Gasteiger partial charge in [-0.15, -0.1) is 0 Å². The van der Waals surface area contributed by atoms with Crippen molar-refractivity contribution in [3.63, 3.8) is 0 Å². The van der Waals surface area contributed by atoms with Gasteiger partial charge in [0.2, 0.25) is 0 Å². The zero-order chi connectivity index (χ0) is 11.4. The zero-order valence-electron chi connectivity index (χ0n) is 10.3. The highest BCUT2D eigenvalue weighted by atomic mass is 32.2. The summed E-state index contributed by atoms with van der Waals surface area (Å²) in [5, 5.41) is 0.610.